The average Bonchev–Trinajstić information content (AvgIpc) is 2.12. The van der Waals surface area contributed by atoms with E-state index in [1.165, 1.54) is 0 Å². The van der Waals surface area contributed by atoms with Crippen LogP contribution in [-0.2, 0) is 9.53 Å². The number of methoxy groups -OCH3 is 1. The van der Waals surface area contributed by atoms with Crippen molar-refractivity contribution in [2.45, 2.75) is 38.8 Å². The van der Waals surface area contributed by atoms with Gasteiger partial charge in [-0.1, -0.05) is 0 Å². The van der Waals surface area contributed by atoms with Crippen LogP contribution in [0.3, 0.4) is 0 Å². The lowest BCUT2D eigenvalue weighted by atomic mass is 9.87. The second kappa shape index (κ2) is 4.49. The van der Waals surface area contributed by atoms with Crippen LogP contribution in [0.5, 0.6) is 0 Å². The molecule has 0 aromatic carbocycles. The van der Waals surface area contributed by atoms with Crippen LogP contribution < -0.4 is 5.32 Å². The third-order valence-electron chi connectivity index (χ3n) is 2.78. The zero-order valence-electron chi connectivity index (χ0n) is 8.97. The monoisotopic (exact) mass is 219 g/mol. The zero-order valence-corrected chi connectivity index (χ0v) is 9.73. The number of hydrogen-bond donors (Lipinski definition) is 1. The molecule has 0 heterocycles. The number of ether oxygens (including phenoxy) is 1. The van der Waals surface area contributed by atoms with E-state index < -0.39 is 5.41 Å². The lowest BCUT2D eigenvalue weighted by Gasteiger charge is -2.37. The smallest absolute Gasteiger partial charge is 0.227 e. The number of alkyl halides is 1. The van der Waals surface area contributed by atoms with Crippen molar-refractivity contribution in [2.75, 3.05) is 13.0 Å². The van der Waals surface area contributed by atoms with Crippen molar-refractivity contribution in [3.05, 3.63) is 0 Å². The number of halogens is 1. The van der Waals surface area contributed by atoms with E-state index in [1.54, 1.807) is 7.11 Å². The normalized spacial score (nSPS) is 26.9. The van der Waals surface area contributed by atoms with Gasteiger partial charge in [0.2, 0.25) is 5.91 Å². The first kappa shape index (κ1) is 11.8. The third kappa shape index (κ3) is 2.39. The molecule has 0 spiro atoms. The predicted octanol–water partition coefficient (Wildman–Crippen LogP) is 1.54. The summed E-state index contributed by atoms with van der Waals surface area (Å²) in [6.07, 6.45) is 2.22. The molecular formula is C10H18ClNO2. The molecule has 0 bridgehead atoms. The van der Waals surface area contributed by atoms with E-state index in [-0.39, 0.29) is 18.1 Å². The summed E-state index contributed by atoms with van der Waals surface area (Å²) in [5.41, 5.74) is -0.491. The van der Waals surface area contributed by atoms with Gasteiger partial charge in [-0.15, -0.1) is 11.6 Å². The van der Waals surface area contributed by atoms with Crippen molar-refractivity contribution in [1.29, 1.82) is 0 Å². The Morgan fingerprint density at radius 3 is 2.57 bits per heavy atom. The minimum atomic E-state index is -0.491. The van der Waals surface area contributed by atoms with Gasteiger partial charge < -0.3 is 10.1 Å². The molecule has 82 valence electrons. The van der Waals surface area contributed by atoms with Crippen LogP contribution in [0.15, 0.2) is 0 Å². The van der Waals surface area contributed by atoms with Crippen molar-refractivity contribution >= 4 is 17.5 Å². The van der Waals surface area contributed by atoms with Gasteiger partial charge in [-0.05, 0) is 26.7 Å². The topological polar surface area (TPSA) is 38.3 Å². The van der Waals surface area contributed by atoms with Crippen molar-refractivity contribution in [1.82, 2.24) is 5.32 Å². The summed E-state index contributed by atoms with van der Waals surface area (Å²) >= 11 is 5.71. The Balaban J connectivity index is 2.41. The fourth-order valence-electron chi connectivity index (χ4n) is 1.34. The Hall–Kier alpha value is -0.280. The van der Waals surface area contributed by atoms with E-state index >= 15 is 0 Å². The summed E-state index contributed by atoms with van der Waals surface area (Å²) in [7, 11) is 1.68. The Morgan fingerprint density at radius 2 is 2.21 bits per heavy atom. The molecule has 0 aromatic heterocycles. The first-order valence-electron chi connectivity index (χ1n) is 4.91. The molecule has 3 nitrogen and oxygen atoms in total. The summed E-state index contributed by atoms with van der Waals surface area (Å²) < 4.78 is 5.20. The third-order valence-corrected chi connectivity index (χ3v) is 3.45. The van der Waals surface area contributed by atoms with E-state index in [0.717, 1.165) is 12.8 Å². The van der Waals surface area contributed by atoms with E-state index in [1.807, 2.05) is 13.8 Å². The van der Waals surface area contributed by atoms with Crippen molar-refractivity contribution < 1.29 is 9.53 Å². The molecule has 1 aliphatic carbocycles. The van der Waals surface area contributed by atoms with Crippen LogP contribution in [0.2, 0.25) is 0 Å². The number of carbonyl (C=O) groups excluding carboxylic acids is 1. The largest absolute Gasteiger partial charge is 0.379 e. The maximum absolute atomic E-state index is 11.7. The summed E-state index contributed by atoms with van der Waals surface area (Å²) in [4.78, 5) is 11.7. The summed E-state index contributed by atoms with van der Waals surface area (Å²) in [5, 5.41) is 2.96. The van der Waals surface area contributed by atoms with Gasteiger partial charge >= 0.3 is 0 Å². The maximum atomic E-state index is 11.7. The van der Waals surface area contributed by atoms with Crippen LogP contribution in [0, 0.1) is 5.41 Å². The Morgan fingerprint density at radius 1 is 1.57 bits per heavy atom. The average molecular weight is 220 g/mol. The van der Waals surface area contributed by atoms with E-state index in [4.69, 9.17) is 16.3 Å². The number of rotatable bonds is 4. The predicted molar refractivity (Wildman–Crippen MR) is 56.5 cm³/mol. The second-order valence-electron chi connectivity index (χ2n) is 4.45. The Kier molecular flexibility index (Phi) is 3.78. The van der Waals surface area contributed by atoms with Crippen LogP contribution in [-0.4, -0.2) is 31.0 Å². The van der Waals surface area contributed by atoms with Gasteiger partial charge in [0.05, 0.1) is 17.6 Å². The van der Waals surface area contributed by atoms with Crippen molar-refractivity contribution in [2.24, 2.45) is 5.41 Å². The van der Waals surface area contributed by atoms with Gasteiger partial charge in [-0.3, -0.25) is 4.79 Å². The molecule has 1 amide bonds. The van der Waals surface area contributed by atoms with Gasteiger partial charge in [0.15, 0.2) is 0 Å². The molecule has 1 fully saturated rings. The van der Waals surface area contributed by atoms with Crippen LogP contribution in [0.1, 0.15) is 26.7 Å². The van der Waals surface area contributed by atoms with E-state index in [9.17, 15) is 4.79 Å². The highest BCUT2D eigenvalue weighted by Gasteiger charge is 2.35. The van der Waals surface area contributed by atoms with Gasteiger partial charge in [-0.2, -0.15) is 0 Å². The molecule has 4 heteroatoms. The van der Waals surface area contributed by atoms with Gasteiger partial charge in [0.25, 0.3) is 0 Å². The highest BCUT2D eigenvalue weighted by Crippen LogP contribution is 2.25. The summed E-state index contributed by atoms with van der Waals surface area (Å²) in [6.45, 7) is 3.69. The lowest BCUT2D eigenvalue weighted by molar-refractivity contribution is -0.131. The highest BCUT2D eigenvalue weighted by molar-refractivity contribution is 6.19. The molecular weight excluding hydrogens is 202 g/mol. The minimum Gasteiger partial charge on any atom is -0.379 e. The summed E-state index contributed by atoms with van der Waals surface area (Å²) in [5.74, 6) is 0.350. The molecule has 0 saturated heterocycles. The molecule has 0 aliphatic heterocycles. The summed E-state index contributed by atoms with van der Waals surface area (Å²) in [6, 6.07) is 0.176. The standard InChI is InChI=1S/C10H18ClNO2/c1-10(2,6-11)9(13)12-7-4-5-8(7)14-3/h7-8H,4-6H2,1-3H3,(H,12,13). The van der Waals surface area contributed by atoms with Crippen LogP contribution >= 0.6 is 11.6 Å². The fraction of sp³-hybridized carbons (Fsp3) is 0.900. The van der Waals surface area contributed by atoms with Crippen LogP contribution in [0.25, 0.3) is 0 Å². The maximum Gasteiger partial charge on any atom is 0.227 e. The van der Waals surface area contributed by atoms with E-state index in [0.29, 0.717) is 5.88 Å². The molecule has 14 heavy (non-hydrogen) atoms. The molecule has 1 rings (SSSR count). The molecule has 1 N–H and O–H groups in total. The zero-order chi connectivity index (χ0) is 10.8. The van der Waals surface area contributed by atoms with Crippen molar-refractivity contribution in [3.63, 3.8) is 0 Å². The quantitative estimate of drug-likeness (QED) is 0.729. The number of nitrogens with one attached hydrogen (secondary N) is 1. The second-order valence-corrected chi connectivity index (χ2v) is 4.72. The number of amides is 1. The molecule has 2 unspecified atom stereocenters. The van der Waals surface area contributed by atoms with Crippen molar-refractivity contribution in [3.8, 4) is 0 Å². The van der Waals surface area contributed by atoms with Gasteiger partial charge in [0.1, 0.15) is 0 Å². The van der Waals surface area contributed by atoms with Crippen LogP contribution in [0.4, 0.5) is 0 Å². The minimum absolute atomic E-state index is 0.0132. The number of hydrogen-bond acceptors (Lipinski definition) is 2. The Labute approximate surface area is 90.1 Å². The Bertz CT molecular complexity index is 216. The molecule has 1 saturated carbocycles. The molecule has 2 atom stereocenters. The highest BCUT2D eigenvalue weighted by atomic mass is 35.5. The number of carbonyl (C=O) groups is 1. The van der Waals surface area contributed by atoms with E-state index in [2.05, 4.69) is 5.32 Å². The molecule has 0 aromatic rings. The van der Waals surface area contributed by atoms with Gasteiger partial charge in [-0.25, -0.2) is 0 Å². The fourth-order valence-corrected chi connectivity index (χ4v) is 1.46. The SMILES string of the molecule is COC1CCC1NC(=O)C(C)(C)CCl. The molecule has 1 aliphatic rings. The van der Waals surface area contributed by atoms with Gasteiger partial charge in [0, 0.05) is 13.0 Å². The molecule has 0 radical (unpaired) electrons. The lowest BCUT2D eigenvalue weighted by Crippen LogP contribution is -2.54. The first-order valence-corrected chi connectivity index (χ1v) is 5.44. The first-order chi connectivity index (χ1) is 6.51.